The second-order valence-electron chi connectivity index (χ2n) is 23.1. The Morgan fingerprint density at radius 1 is 0.257 bits per heavy atom. The van der Waals surface area contributed by atoms with Gasteiger partial charge in [-0.3, -0.25) is 14.4 Å². The van der Waals surface area contributed by atoms with E-state index in [1.54, 1.807) is 0 Å². The highest BCUT2D eigenvalue weighted by atomic mass is 16.6. The number of ether oxygens (including phenoxy) is 3. The Labute approximate surface area is 462 Å². The first-order chi connectivity index (χ1) is 36.5. The Morgan fingerprint density at radius 2 is 0.446 bits per heavy atom. The van der Waals surface area contributed by atoms with Crippen LogP contribution < -0.4 is 0 Å². The summed E-state index contributed by atoms with van der Waals surface area (Å²) in [5.74, 6) is -0.844. The zero-order chi connectivity index (χ0) is 53.6. The molecule has 6 heteroatoms. The lowest BCUT2D eigenvalue weighted by atomic mass is 10.0. The molecule has 6 nitrogen and oxygen atoms in total. The van der Waals surface area contributed by atoms with Crippen LogP contribution in [0.15, 0.2) is 12.2 Å². The smallest absolute Gasteiger partial charge is 0.306 e. The van der Waals surface area contributed by atoms with Gasteiger partial charge in [0, 0.05) is 19.3 Å². The Balaban J connectivity index is 4.17. The van der Waals surface area contributed by atoms with E-state index in [1.807, 2.05) is 0 Å². The third-order valence-corrected chi connectivity index (χ3v) is 15.5. The van der Waals surface area contributed by atoms with Crippen molar-refractivity contribution in [3.63, 3.8) is 0 Å². The molecule has 0 aromatic carbocycles. The summed E-state index contributed by atoms with van der Waals surface area (Å²) < 4.78 is 16.9. The van der Waals surface area contributed by atoms with Crippen LogP contribution in [-0.2, 0) is 28.6 Å². The van der Waals surface area contributed by atoms with Gasteiger partial charge in [-0.1, -0.05) is 335 Å². The van der Waals surface area contributed by atoms with Gasteiger partial charge >= 0.3 is 17.9 Å². The summed E-state index contributed by atoms with van der Waals surface area (Å²) in [5.41, 5.74) is 0. The number of allylic oxidation sites excluding steroid dienone is 2. The van der Waals surface area contributed by atoms with Crippen LogP contribution >= 0.6 is 0 Å². The monoisotopic (exact) mass is 1040 g/mol. The van der Waals surface area contributed by atoms with E-state index < -0.39 is 6.10 Å². The molecule has 0 aliphatic carbocycles. The Bertz CT molecular complexity index is 1150. The molecule has 0 spiro atoms. The first-order valence-electron chi connectivity index (χ1n) is 33.7. The molecule has 74 heavy (non-hydrogen) atoms. The SMILES string of the molecule is CCCCCCC/C=C\CCCCCCCC(=O)OCC(COC(=O)CCCCCCCCCCCCCCCCCCCCCCCCCCCCC)OC(=O)CCCCCCCCCCCCCCCCC. The summed E-state index contributed by atoms with van der Waals surface area (Å²) in [5, 5.41) is 0. The maximum Gasteiger partial charge on any atom is 0.306 e. The van der Waals surface area contributed by atoms with E-state index in [0.717, 1.165) is 64.2 Å². The van der Waals surface area contributed by atoms with Crippen LogP contribution in [0.5, 0.6) is 0 Å². The molecule has 0 rings (SSSR count). The van der Waals surface area contributed by atoms with E-state index in [1.165, 1.54) is 283 Å². The molecular formula is C68H130O6. The van der Waals surface area contributed by atoms with Crippen molar-refractivity contribution in [3.8, 4) is 0 Å². The van der Waals surface area contributed by atoms with Crippen molar-refractivity contribution in [2.75, 3.05) is 13.2 Å². The molecule has 0 bridgehead atoms. The summed E-state index contributed by atoms with van der Waals surface area (Å²) in [7, 11) is 0. The molecule has 0 aliphatic rings. The van der Waals surface area contributed by atoms with Gasteiger partial charge in [-0.15, -0.1) is 0 Å². The van der Waals surface area contributed by atoms with Gasteiger partial charge in [0.15, 0.2) is 6.10 Å². The van der Waals surface area contributed by atoms with E-state index in [4.69, 9.17) is 14.2 Å². The number of hydrogen-bond donors (Lipinski definition) is 0. The molecule has 0 aromatic heterocycles. The minimum absolute atomic E-state index is 0.0660. The van der Waals surface area contributed by atoms with Crippen LogP contribution in [0.2, 0.25) is 0 Å². The molecule has 0 aliphatic heterocycles. The zero-order valence-corrected chi connectivity index (χ0v) is 50.4. The predicted molar refractivity (Wildman–Crippen MR) is 321 cm³/mol. The van der Waals surface area contributed by atoms with Crippen molar-refractivity contribution < 1.29 is 28.6 Å². The molecule has 0 saturated carbocycles. The van der Waals surface area contributed by atoms with Gasteiger partial charge in [0.2, 0.25) is 0 Å². The lowest BCUT2D eigenvalue weighted by Crippen LogP contribution is -2.30. The van der Waals surface area contributed by atoms with E-state index >= 15 is 0 Å². The number of rotatable bonds is 63. The second kappa shape index (κ2) is 63.7. The van der Waals surface area contributed by atoms with Crippen molar-refractivity contribution in [1.29, 1.82) is 0 Å². The van der Waals surface area contributed by atoms with Crippen LogP contribution in [0.25, 0.3) is 0 Å². The minimum Gasteiger partial charge on any atom is -0.462 e. The minimum atomic E-state index is -0.769. The largest absolute Gasteiger partial charge is 0.462 e. The van der Waals surface area contributed by atoms with Crippen molar-refractivity contribution in [2.24, 2.45) is 0 Å². The molecule has 0 amide bonds. The third kappa shape index (κ3) is 61.0. The normalized spacial score (nSPS) is 12.0. The summed E-state index contributed by atoms with van der Waals surface area (Å²) in [4.78, 5) is 38.3. The van der Waals surface area contributed by atoms with Crippen LogP contribution in [0.3, 0.4) is 0 Å². The molecule has 1 atom stereocenters. The average Bonchev–Trinajstić information content (AvgIpc) is 3.40. The molecule has 0 heterocycles. The first kappa shape index (κ1) is 72.2. The third-order valence-electron chi connectivity index (χ3n) is 15.5. The van der Waals surface area contributed by atoms with Crippen molar-refractivity contribution in [2.45, 2.75) is 393 Å². The maximum absolute atomic E-state index is 12.9. The Kier molecular flexibility index (Phi) is 62.1. The van der Waals surface area contributed by atoms with Crippen LogP contribution in [0.4, 0.5) is 0 Å². The fourth-order valence-electron chi connectivity index (χ4n) is 10.4. The lowest BCUT2D eigenvalue weighted by molar-refractivity contribution is -0.167. The topological polar surface area (TPSA) is 78.9 Å². The lowest BCUT2D eigenvalue weighted by Gasteiger charge is -2.18. The number of unbranched alkanes of at least 4 members (excludes halogenated alkanes) is 50. The summed E-state index contributed by atoms with van der Waals surface area (Å²) in [6.45, 7) is 6.70. The van der Waals surface area contributed by atoms with Gasteiger partial charge in [-0.25, -0.2) is 0 Å². The summed E-state index contributed by atoms with van der Waals surface area (Å²) >= 11 is 0. The number of esters is 3. The van der Waals surface area contributed by atoms with Crippen molar-refractivity contribution in [1.82, 2.24) is 0 Å². The Morgan fingerprint density at radius 3 is 0.676 bits per heavy atom. The standard InChI is InChI=1S/C68H130O6/c1-4-7-10-13-16-19-22-25-28-29-30-31-32-33-34-35-36-37-38-39-41-43-46-49-52-55-58-61-67(70)73-64-65(63-72-66(69)60-57-54-51-48-45-42-27-24-21-18-15-12-9-6-3)74-68(71)62-59-56-53-50-47-44-40-26-23-20-17-14-11-8-5-2/h24,27,65H,4-23,25-26,28-64H2,1-3H3/b27-24-. The predicted octanol–water partition coefficient (Wildman–Crippen LogP) is 22.8. The molecule has 1 unspecified atom stereocenters. The van der Waals surface area contributed by atoms with Crippen LogP contribution in [0, 0.1) is 0 Å². The van der Waals surface area contributed by atoms with E-state index in [-0.39, 0.29) is 31.1 Å². The Hall–Kier alpha value is -1.85. The van der Waals surface area contributed by atoms with Crippen LogP contribution in [-0.4, -0.2) is 37.2 Å². The van der Waals surface area contributed by atoms with Gasteiger partial charge in [-0.05, 0) is 44.9 Å². The van der Waals surface area contributed by atoms with Crippen molar-refractivity contribution in [3.05, 3.63) is 12.2 Å². The number of carbonyl (C=O) groups excluding carboxylic acids is 3. The van der Waals surface area contributed by atoms with Gasteiger partial charge in [0.25, 0.3) is 0 Å². The molecule has 0 fully saturated rings. The second-order valence-corrected chi connectivity index (χ2v) is 23.1. The molecule has 0 saturated heterocycles. The fourth-order valence-corrected chi connectivity index (χ4v) is 10.4. The van der Waals surface area contributed by atoms with E-state index in [2.05, 4.69) is 32.9 Å². The highest BCUT2D eigenvalue weighted by molar-refractivity contribution is 5.71. The molecule has 438 valence electrons. The molecular weight excluding hydrogens is 913 g/mol. The highest BCUT2D eigenvalue weighted by Gasteiger charge is 2.19. The average molecular weight is 1040 g/mol. The fraction of sp³-hybridized carbons (Fsp3) is 0.926. The number of carbonyl (C=O) groups is 3. The summed E-state index contributed by atoms with van der Waals surface area (Å²) in [6.07, 6.45) is 75.2. The molecule has 0 radical (unpaired) electrons. The molecule has 0 N–H and O–H groups in total. The zero-order valence-electron chi connectivity index (χ0n) is 50.4. The highest BCUT2D eigenvalue weighted by Crippen LogP contribution is 2.19. The van der Waals surface area contributed by atoms with Gasteiger partial charge in [-0.2, -0.15) is 0 Å². The maximum atomic E-state index is 12.9. The summed E-state index contributed by atoms with van der Waals surface area (Å²) in [6, 6.07) is 0. The van der Waals surface area contributed by atoms with E-state index in [9.17, 15) is 14.4 Å². The van der Waals surface area contributed by atoms with Gasteiger partial charge in [0.05, 0.1) is 0 Å². The number of hydrogen-bond acceptors (Lipinski definition) is 6. The van der Waals surface area contributed by atoms with Gasteiger partial charge < -0.3 is 14.2 Å². The quantitative estimate of drug-likeness (QED) is 0.0261. The molecule has 0 aromatic rings. The van der Waals surface area contributed by atoms with Gasteiger partial charge in [0.1, 0.15) is 13.2 Å². The van der Waals surface area contributed by atoms with Crippen LogP contribution in [0.1, 0.15) is 387 Å². The van der Waals surface area contributed by atoms with Crippen molar-refractivity contribution >= 4 is 17.9 Å². The van der Waals surface area contributed by atoms with E-state index in [0.29, 0.717) is 19.3 Å². The first-order valence-corrected chi connectivity index (χ1v) is 33.7.